The quantitative estimate of drug-likeness (QED) is 0.530. The van der Waals surface area contributed by atoms with Crippen LogP contribution in [-0.4, -0.2) is 0 Å². The van der Waals surface area contributed by atoms with Crippen molar-refractivity contribution in [1.29, 1.82) is 0 Å². The molecular weight excluding hydrogens is 163 g/mol. The molecule has 0 aliphatic heterocycles. The Labute approximate surface area is 78.1 Å². The zero-order valence-electron chi connectivity index (χ0n) is 7.76. The first-order valence-electron chi connectivity index (χ1n) is 4.13. The van der Waals surface area contributed by atoms with E-state index in [0.717, 1.165) is 5.57 Å². The maximum absolute atomic E-state index is 12.7. The van der Waals surface area contributed by atoms with Gasteiger partial charge < -0.3 is 0 Å². The van der Waals surface area contributed by atoms with Crippen molar-refractivity contribution in [3.05, 3.63) is 47.3 Å². The van der Waals surface area contributed by atoms with Gasteiger partial charge in [-0.15, -0.1) is 0 Å². The summed E-state index contributed by atoms with van der Waals surface area (Å²) >= 11 is 0. The lowest BCUT2D eigenvalue weighted by molar-refractivity contribution is 0.627. The third-order valence-electron chi connectivity index (χ3n) is 1.66. The highest BCUT2D eigenvalue weighted by molar-refractivity contribution is 5.39. The summed E-state index contributed by atoms with van der Waals surface area (Å²) in [6.07, 6.45) is 1.92. The molecule has 0 spiro atoms. The molecule has 1 rings (SSSR count). The molecular formula is C12H11F. The molecule has 0 heterocycles. The van der Waals surface area contributed by atoms with E-state index in [0.29, 0.717) is 5.56 Å². The van der Waals surface area contributed by atoms with E-state index in [9.17, 15) is 4.39 Å². The van der Waals surface area contributed by atoms with Crippen molar-refractivity contribution < 1.29 is 4.39 Å². The van der Waals surface area contributed by atoms with Crippen LogP contribution in [-0.2, 0) is 0 Å². The summed E-state index contributed by atoms with van der Waals surface area (Å²) < 4.78 is 12.7. The summed E-state index contributed by atoms with van der Waals surface area (Å²) in [6.45, 7) is 3.85. The van der Waals surface area contributed by atoms with Crippen LogP contribution in [0.5, 0.6) is 0 Å². The van der Waals surface area contributed by atoms with Crippen LogP contribution in [0, 0.1) is 17.7 Å². The van der Waals surface area contributed by atoms with E-state index in [1.165, 1.54) is 12.1 Å². The average Bonchev–Trinajstić information content (AvgIpc) is 2.14. The summed E-state index contributed by atoms with van der Waals surface area (Å²) in [7, 11) is 0. The molecule has 13 heavy (non-hydrogen) atoms. The highest BCUT2D eigenvalue weighted by Crippen LogP contribution is 2.01. The minimum atomic E-state index is -0.245. The molecule has 0 nitrogen and oxygen atoms in total. The van der Waals surface area contributed by atoms with Crippen LogP contribution in [0.4, 0.5) is 4.39 Å². The Morgan fingerprint density at radius 1 is 1.46 bits per heavy atom. The third-order valence-corrected chi connectivity index (χ3v) is 1.66. The normalized spacial score (nSPS) is 10.5. The molecule has 0 N–H and O–H groups in total. The van der Waals surface area contributed by atoms with Gasteiger partial charge in [-0.05, 0) is 37.6 Å². The smallest absolute Gasteiger partial charge is 0.124 e. The van der Waals surface area contributed by atoms with Gasteiger partial charge in [-0.1, -0.05) is 24.0 Å². The van der Waals surface area contributed by atoms with Crippen molar-refractivity contribution in [2.24, 2.45) is 0 Å². The van der Waals surface area contributed by atoms with Gasteiger partial charge in [0.15, 0.2) is 0 Å². The maximum Gasteiger partial charge on any atom is 0.124 e. The van der Waals surface area contributed by atoms with Crippen LogP contribution in [0.2, 0.25) is 0 Å². The Bertz CT molecular complexity index is 378. The van der Waals surface area contributed by atoms with E-state index < -0.39 is 0 Å². The van der Waals surface area contributed by atoms with Gasteiger partial charge in [-0.2, -0.15) is 0 Å². The van der Waals surface area contributed by atoms with Crippen molar-refractivity contribution in [2.45, 2.75) is 13.8 Å². The molecule has 0 unspecified atom stereocenters. The van der Waals surface area contributed by atoms with Crippen LogP contribution < -0.4 is 0 Å². The van der Waals surface area contributed by atoms with Gasteiger partial charge in [0.1, 0.15) is 5.82 Å². The molecule has 1 aromatic rings. The Morgan fingerprint density at radius 2 is 2.23 bits per heavy atom. The predicted octanol–water partition coefficient (Wildman–Crippen LogP) is 3.14. The highest BCUT2D eigenvalue weighted by atomic mass is 19.1. The van der Waals surface area contributed by atoms with Crippen LogP contribution >= 0.6 is 0 Å². The molecule has 66 valence electrons. The molecule has 0 aromatic heterocycles. The summed E-state index contributed by atoms with van der Waals surface area (Å²) in [5, 5.41) is 0. The average molecular weight is 174 g/mol. The van der Waals surface area contributed by atoms with Gasteiger partial charge in [0.25, 0.3) is 0 Å². The molecule has 0 fully saturated rings. The molecule has 0 bridgehead atoms. The first kappa shape index (κ1) is 9.54. The van der Waals surface area contributed by atoms with E-state index in [4.69, 9.17) is 0 Å². The Balaban J connectivity index is 2.90. The zero-order chi connectivity index (χ0) is 9.68. The lowest BCUT2D eigenvalue weighted by Gasteiger charge is -1.89. The maximum atomic E-state index is 12.7. The summed E-state index contributed by atoms with van der Waals surface area (Å²) in [5.74, 6) is 5.55. The molecule has 1 aromatic carbocycles. The van der Waals surface area contributed by atoms with Crippen molar-refractivity contribution in [3.63, 3.8) is 0 Å². The first-order valence-corrected chi connectivity index (χ1v) is 4.13. The largest absolute Gasteiger partial charge is 0.207 e. The van der Waals surface area contributed by atoms with Crippen LogP contribution in [0.1, 0.15) is 19.4 Å². The molecule has 0 radical (unpaired) electrons. The molecule has 0 saturated carbocycles. The summed E-state index contributed by atoms with van der Waals surface area (Å²) in [4.78, 5) is 0. The fourth-order valence-corrected chi connectivity index (χ4v) is 0.809. The fourth-order valence-electron chi connectivity index (χ4n) is 0.809. The van der Waals surface area contributed by atoms with Gasteiger partial charge >= 0.3 is 0 Å². The summed E-state index contributed by atoms with van der Waals surface area (Å²) in [6, 6.07) is 6.28. The van der Waals surface area contributed by atoms with Gasteiger partial charge in [0, 0.05) is 5.56 Å². The molecule has 0 aliphatic carbocycles. The SMILES string of the molecule is CC=C(C)C#Cc1cccc(F)c1. The van der Waals surface area contributed by atoms with E-state index in [2.05, 4.69) is 11.8 Å². The van der Waals surface area contributed by atoms with Crippen LogP contribution in [0.3, 0.4) is 0 Å². The number of benzene rings is 1. The second-order valence-electron chi connectivity index (χ2n) is 2.73. The first-order chi connectivity index (χ1) is 6.22. The number of hydrogen-bond donors (Lipinski definition) is 0. The third kappa shape index (κ3) is 3.13. The number of allylic oxidation sites excluding steroid dienone is 2. The Hall–Kier alpha value is -1.55. The summed E-state index contributed by atoms with van der Waals surface area (Å²) in [5.41, 5.74) is 1.70. The monoisotopic (exact) mass is 174 g/mol. The number of hydrogen-bond acceptors (Lipinski definition) is 0. The fraction of sp³-hybridized carbons (Fsp3) is 0.167. The Kier molecular flexibility index (Phi) is 3.28. The van der Waals surface area contributed by atoms with Gasteiger partial charge in [-0.25, -0.2) is 4.39 Å². The molecule has 0 aliphatic rings. The standard InChI is InChI=1S/C12H11F/c1-3-10(2)7-8-11-5-4-6-12(13)9-11/h3-6,9H,1-2H3. The van der Waals surface area contributed by atoms with Crippen molar-refractivity contribution >= 4 is 0 Å². The molecule has 0 amide bonds. The van der Waals surface area contributed by atoms with E-state index in [1.807, 2.05) is 19.9 Å². The highest BCUT2D eigenvalue weighted by Gasteiger charge is 1.89. The second-order valence-corrected chi connectivity index (χ2v) is 2.73. The second kappa shape index (κ2) is 4.47. The number of halogens is 1. The van der Waals surface area contributed by atoms with Gasteiger partial charge in [0.05, 0.1) is 0 Å². The van der Waals surface area contributed by atoms with E-state index in [1.54, 1.807) is 12.1 Å². The van der Waals surface area contributed by atoms with Crippen LogP contribution in [0.15, 0.2) is 35.9 Å². The molecule has 0 saturated heterocycles. The minimum Gasteiger partial charge on any atom is -0.207 e. The van der Waals surface area contributed by atoms with Crippen molar-refractivity contribution in [3.8, 4) is 11.8 Å². The topological polar surface area (TPSA) is 0 Å². The zero-order valence-corrected chi connectivity index (χ0v) is 7.76. The van der Waals surface area contributed by atoms with Crippen molar-refractivity contribution in [2.75, 3.05) is 0 Å². The van der Waals surface area contributed by atoms with Gasteiger partial charge in [0.2, 0.25) is 0 Å². The Morgan fingerprint density at radius 3 is 2.85 bits per heavy atom. The van der Waals surface area contributed by atoms with Crippen molar-refractivity contribution in [1.82, 2.24) is 0 Å². The van der Waals surface area contributed by atoms with Crippen LogP contribution in [0.25, 0.3) is 0 Å². The lowest BCUT2D eigenvalue weighted by Crippen LogP contribution is -1.77. The lowest BCUT2D eigenvalue weighted by atomic mass is 10.2. The minimum absolute atomic E-state index is 0.245. The number of rotatable bonds is 0. The van der Waals surface area contributed by atoms with E-state index >= 15 is 0 Å². The van der Waals surface area contributed by atoms with Gasteiger partial charge in [-0.3, -0.25) is 0 Å². The predicted molar refractivity (Wildman–Crippen MR) is 52.7 cm³/mol. The van der Waals surface area contributed by atoms with E-state index in [-0.39, 0.29) is 5.82 Å². The molecule has 0 atom stereocenters. The molecule has 1 heteroatoms.